The Balaban J connectivity index is 2.01. The number of aromatic nitrogens is 2. The zero-order chi connectivity index (χ0) is 23.1. The van der Waals surface area contributed by atoms with Crippen molar-refractivity contribution in [3.05, 3.63) is 73.1 Å². The molecular weight excluding hydrogens is 451 g/mol. The Bertz CT molecular complexity index is 1190. The van der Waals surface area contributed by atoms with Gasteiger partial charge in [0.2, 0.25) is 5.91 Å². The number of hydrogen-bond acceptors (Lipinski definition) is 4. The van der Waals surface area contributed by atoms with Gasteiger partial charge in [-0.2, -0.15) is 13.2 Å². The Hall–Kier alpha value is -2.65. The van der Waals surface area contributed by atoms with Gasteiger partial charge in [-0.15, -0.1) is 11.3 Å². The molecule has 2 heterocycles. The van der Waals surface area contributed by atoms with Gasteiger partial charge in [-0.3, -0.25) is 14.5 Å². The molecule has 3 aromatic rings. The maximum atomic E-state index is 13.1. The summed E-state index contributed by atoms with van der Waals surface area (Å²) in [6.07, 6.45) is -3.93. The number of halogens is 4. The van der Waals surface area contributed by atoms with Crippen molar-refractivity contribution in [1.82, 2.24) is 9.55 Å². The van der Waals surface area contributed by atoms with Gasteiger partial charge in [-0.1, -0.05) is 29.3 Å². The molecule has 0 bridgehead atoms. The number of pyridine rings is 1. The molecule has 1 aromatic carbocycles. The Morgan fingerprint density at radius 2 is 1.81 bits per heavy atom. The average Bonchev–Trinajstić information content (AvgIpc) is 3.08. The zero-order valence-electron chi connectivity index (χ0n) is 17.2. The molecule has 0 saturated heterocycles. The first-order valence-corrected chi connectivity index (χ1v) is 10.4. The molecule has 31 heavy (non-hydrogen) atoms. The molecule has 0 spiro atoms. The summed E-state index contributed by atoms with van der Waals surface area (Å²) in [4.78, 5) is 30.6. The summed E-state index contributed by atoms with van der Waals surface area (Å²) in [6, 6.07) is 4.52. The zero-order valence-corrected chi connectivity index (χ0v) is 18.7. The van der Waals surface area contributed by atoms with Crippen LogP contribution >= 0.6 is 22.9 Å². The van der Waals surface area contributed by atoms with E-state index in [-0.39, 0.29) is 12.5 Å². The Labute approximate surface area is 185 Å². The van der Waals surface area contributed by atoms with E-state index in [9.17, 15) is 22.8 Å². The minimum Gasteiger partial charge on any atom is -0.308 e. The second-order valence-electron chi connectivity index (χ2n) is 7.23. The van der Waals surface area contributed by atoms with E-state index in [4.69, 9.17) is 11.6 Å². The third-order valence-corrected chi connectivity index (χ3v) is 5.75. The molecule has 0 aliphatic rings. The highest BCUT2D eigenvalue weighted by atomic mass is 35.5. The third-order valence-electron chi connectivity index (χ3n) is 4.61. The fourth-order valence-electron chi connectivity index (χ4n) is 3.43. The van der Waals surface area contributed by atoms with Gasteiger partial charge in [0.1, 0.15) is 5.02 Å². The van der Waals surface area contributed by atoms with E-state index in [1.165, 1.54) is 11.8 Å². The quantitative estimate of drug-likeness (QED) is 0.497. The van der Waals surface area contributed by atoms with Gasteiger partial charge in [-0.05, 0) is 38.0 Å². The second kappa shape index (κ2) is 8.47. The highest BCUT2D eigenvalue weighted by molar-refractivity contribution is 7.14. The molecule has 0 aliphatic carbocycles. The van der Waals surface area contributed by atoms with Crippen LogP contribution in [0.1, 0.15) is 34.9 Å². The summed E-state index contributed by atoms with van der Waals surface area (Å²) >= 11 is 6.88. The van der Waals surface area contributed by atoms with E-state index in [0.717, 1.165) is 32.6 Å². The lowest BCUT2D eigenvalue weighted by Gasteiger charge is -2.23. The molecule has 0 atom stereocenters. The summed E-state index contributed by atoms with van der Waals surface area (Å²) in [5.74, 6) is -0.254. The first-order valence-electron chi connectivity index (χ1n) is 9.18. The van der Waals surface area contributed by atoms with Gasteiger partial charge in [0, 0.05) is 18.5 Å². The number of hydrogen-bond donors (Lipinski definition) is 0. The highest BCUT2D eigenvalue weighted by Gasteiger charge is 2.32. The van der Waals surface area contributed by atoms with Crippen LogP contribution in [0.2, 0.25) is 5.02 Å². The van der Waals surface area contributed by atoms with Crippen molar-refractivity contribution in [3.63, 3.8) is 0 Å². The first-order chi connectivity index (χ1) is 14.4. The molecule has 0 radical (unpaired) electrons. The van der Waals surface area contributed by atoms with Gasteiger partial charge < -0.3 is 4.57 Å². The molecule has 0 fully saturated rings. The van der Waals surface area contributed by atoms with Gasteiger partial charge >= 0.3 is 6.18 Å². The molecule has 2 aromatic heterocycles. The number of carbonyl (C=O) groups is 1. The van der Waals surface area contributed by atoms with Gasteiger partial charge in [0.15, 0.2) is 5.13 Å². The number of anilines is 2. The normalized spacial score (nSPS) is 11.6. The fourth-order valence-corrected chi connectivity index (χ4v) is 4.52. The van der Waals surface area contributed by atoms with Crippen LogP contribution in [0.5, 0.6) is 0 Å². The summed E-state index contributed by atoms with van der Waals surface area (Å²) in [5.41, 5.74) is 2.12. The van der Waals surface area contributed by atoms with Crippen LogP contribution in [0.3, 0.4) is 0 Å². The Kier molecular flexibility index (Phi) is 6.29. The lowest BCUT2D eigenvalue weighted by atomic mass is 10.0. The number of nitrogens with zero attached hydrogens (tertiary/aromatic N) is 3. The largest absolute Gasteiger partial charge is 0.417 e. The summed E-state index contributed by atoms with van der Waals surface area (Å²) in [7, 11) is 0. The van der Waals surface area contributed by atoms with Gasteiger partial charge in [0.25, 0.3) is 5.56 Å². The minimum atomic E-state index is -4.64. The van der Waals surface area contributed by atoms with Crippen molar-refractivity contribution in [2.24, 2.45) is 0 Å². The molecule has 0 aliphatic heterocycles. The van der Waals surface area contributed by atoms with Crippen molar-refractivity contribution in [1.29, 1.82) is 0 Å². The van der Waals surface area contributed by atoms with Crippen molar-refractivity contribution in [3.8, 4) is 0 Å². The van der Waals surface area contributed by atoms with E-state index in [2.05, 4.69) is 4.98 Å². The molecule has 10 heteroatoms. The first kappa shape index (κ1) is 23.0. The van der Waals surface area contributed by atoms with Crippen molar-refractivity contribution in [2.45, 2.75) is 40.4 Å². The number of aryl methyl sites for hydroxylation is 3. The summed E-state index contributed by atoms with van der Waals surface area (Å²) < 4.78 is 40.1. The van der Waals surface area contributed by atoms with Crippen LogP contribution in [0, 0.1) is 20.8 Å². The van der Waals surface area contributed by atoms with Crippen LogP contribution in [0.25, 0.3) is 0 Å². The maximum absolute atomic E-state index is 13.1. The fraction of sp³-hybridized carbons (Fsp3) is 0.286. The Morgan fingerprint density at radius 3 is 2.35 bits per heavy atom. The number of benzene rings is 1. The van der Waals surface area contributed by atoms with E-state index in [1.807, 2.05) is 32.9 Å². The number of thiazole rings is 1. The molecule has 5 nitrogen and oxygen atoms in total. The van der Waals surface area contributed by atoms with Crippen LogP contribution in [0.15, 0.2) is 34.6 Å². The highest BCUT2D eigenvalue weighted by Crippen LogP contribution is 2.35. The standard InChI is InChI=1S/C21H19ClF3N3O2S/c1-11-5-12(2)18(13(3)6-11)28(14(4)29)20-26-16(10-31-20)9-27-8-15(21(23,24)25)7-17(22)19(27)30/h5-8,10H,9H2,1-4H3. The van der Waals surface area contributed by atoms with Crippen LogP contribution in [-0.2, 0) is 17.5 Å². The maximum Gasteiger partial charge on any atom is 0.417 e. The lowest BCUT2D eigenvalue weighted by Crippen LogP contribution is -2.25. The van der Waals surface area contributed by atoms with Crippen LogP contribution in [0.4, 0.5) is 24.0 Å². The van der Waals surface area contributed by atoms with Crippen molar-refractivity contribution in [2.75, 3.05) is 4.90 Å². The third kappa shape index (κ3) is 4.83. The van der Waals surface area contributed by atoms with Gasteiger partial charge in [-0.25, -0.2) is 4.98 Å². The number of alkyl halides is 3. The van der Waals surface area contributed by atoms with Gasteiger partial charge in [0.05, 0.1) is 23.5 Å². The number of rotatable bonds is 4. The molecule has 0 unspecified atom stereocenters. The average molecular weight is 470 g/mol. The van der Waals surface area contributed by atoms with E-state index in [0.29, 0.717) is 28.8 Å². The smallest absolute Gasteiger partial charge is 0.308 e. The molecule has 0 N–H and O–H groups in total. The molecular formula is C21H19ClF3N3O2S. The molecule has 3 rings (SSSR count). The number of carbonyl (C=O) groups excluding carboxylic acids is 1. The lowest BCUT2D eigenvalue weighted by molar-refractivity contribution is -0.138. The molecule has 1 amide bonds. The van der Waals surface area contributed by atoms with E-state index < -0.39 is 22.3 Å². The minimum absolute atomic E-state index is 0.212. The van der Waals surface area contributed by atoms with E-state index >= 15 is 0 Å². The predicted molar refractivity (Wildman–Crippen MR) is 115 cm³/mol. The van der Waals surface area contributed by atoms with Crippen molar-refractivity contribution < 1.29 is 18.0 Å². The van der Waals surface area contributed by atoms with E-state index in [1.54, 1.807) is 5.38 Å². The number of amides is 1. The SMILES string of the molecule is CC(=O)N(c1nc(Cn2cc(C(F)(F)F)cc(Cl)c2=O)cs1)c1c(C)cc(C)cc1C. The topological polar surface area (TPSA) is 55.2 Å². The van der Waals surface area contributed by atoms with Crippen molar-refractivity contribution >= 4 is 39.7 Å². The summed E-state index contributed by atoms with van der Waals surface area (Å²) in [6.45, 7) is 6.95. The monoisotopic (exact) mass is 469 g/mol. The summed E-state index contributed by atoms with van der Waals surface area (Å²) in [5, 5.41) is 1.44. The van der Waals surface area contributed by atoms with Crippen LogP contribution in [-0.4, -0.2) is 15.5 Å². The predicted octanol–water partition coefficient (Wildman–Crippen LogP) is 5.64. The molecule has 0 saturated carbocycles. The molecule has 164 valence electrons. The Morgan fingerprint density at radius 1 is 1.19 bits per heavy atom. The van der Waals surface area contributed by atoms with Crippen LogP contribution < -0.4 is 10.5 Å². The second-order valence-corrected chi connectivity index (χ2v) is 8.47.